The lowest BCUT2D eigenvalue weighted by Gasteiger charge is -2.26. The molecule has 0 saturated carbocycles. The van der Waals surface area contributed by atoms with Crippen molar-refractivity contribution in [1.82, 2.24) is 0 Å². The average Bonchev–Trinajstić information content (AvgIpc) is 2.33. The van der Waals surface area contributed by atoms with Gasteiger partial charge in [-0.3, -0.25) is 0 Å². The molecule has 1 atom stereocenters. The molecule has 0 aliphatic heterocycles. The predicted molar refractivity (Wildman–Crippen MR) is 60.5 cm³/mol. The lowest BCUT2D eigenvalue weighted by Crippen LogP contribution is -2.24. The van der Waals surface area contributed by atoms with Crippen molar-refractivity contribution in [2.24, 2.45) is 11.1 Å². The summed E-state index contributed by atoms with van der Waals surface area (Å²) in [5.74, 6) is 0.540. The molecule has 0 radical (unpaired) electrons. The molecule has 0 saturated heterocycles. The van der Waals surface area contributed by atoms with Gasteiger partial charge in [-0.15, -0.1) is 0 Å². The molecule has 0 amide bonds. The number of nitrogens with two attached hydrogens (primary N) is 1. The summed E-state index contributed by atoms with van der Waals surface area (Å²) in [6, 6.07) is 6.77. The number of fused-ring (bicyclic) bond motifs is 1. The maximum absolute atomic E-state index is 5.86. The second-order valence-corrected chi connectivity index (χ2v) is 5.16. The Labute approximate surface area is 86.3 Å². The van der Waals surface area contributed by atoms with Crippen molar-refractivity contribution >= 4 is 0 Å². The van der Waals surface area contributed by atoms with Gasteiger partial charge < -0.3 is 5.73 Å². The molecule has 0 aromatic heterocycles. The highest BCUT2D eigenvalue weighted by molar-refractivity contribution is 5.40. The quantitative estimate of drug-likeness (QED) is 0.722. The Balaban J connectivity index is 2.48. The van der Waals surface area contributed by atoms with E-state index < -0.39 is 0 Å². The van der Waals surface area contributed by atoms with Crippen LogP contribution in [0.25, 0.3) is 0 Å². The molecule has 0 heterocycles. The monoisotopic (exact) mass is 189 g/mol. The Kier molecular flexibility index (Phi) is 2.15. The van der Waals surface area contributed by atoms with Gasteiger partial charge in [0.2, 0.25) is 0 Å². The molecular formula is C13H19N. The van der Waals surface area contributed by atoms with Crippen molar-refractivity contribution in [2.45, 2.75) is 33.1 Å². The highest BCUT2D eigenvalue weighted by Gasteiger charge is 2.37. The number of benzene rings is 1. The second-order valence-electron chi connectivity index (χ2n) is 5.16. The van der Waals surface area contributed by atoms with E-state index in [1.54, 1.807) is 0 Å². The van der Waals surface area contributed by atoms with Crippen LogP contribution in [0, 0.1) is 12.3 Å². The van der Waals surface area contributed by atoms with E-state index in [2.05, 4.69) is 39.0 Å². The van der Waals surface area contributed by atoms with Gasteiger partial charge in [-0.25, -0.2) is 0 Å². The Bertz CT molecular complexity index is 352. The minimum absolute atomic E-state index is 0.338. The molecule has 1 aromatic carbocycles. The van der Waals surface area contributed by atoms with E-state index in [9.17, 15) is 0 Å². The van der Waals surface area contributed by atoms with E-state index in [4.69, 9.17) is 5.73 Å². The second kappa shape index (κ2) is 3.09. The molecule has 1 aliphatic rings. The molecule has 0 spiro atoms. The van der Waals surface area contributed by atoms with E-state index in [-0.39, 0.29) is 0 Å². The van der Waals surface area contributed by atoms with Crippen LogP contribution in [0.4, 0.5) is 0 Å². The Morgan fingerprint density at radius 3 is 2.79 bits per heavy atom. The van der Waals surface area contributed by atoms with Crippen LogP contribution in [0.1, 0.15) is 36.5 Å². The lowest BCUT2D eigenvalue weighted by molar-refractivity contribution is 0.318. The molecule has 0 bridgehead atoms. The van der Waals surface area contributed by atoms with Crippen molar-refractivity contribution < 1.29 is 0 Å². The first-order valence-corrected chi connectivity index (χ1v) is 5.34. The summed E-state index contributed by atoms with van der Waals surface area (Å²) in [4.78, 5) is 0. The Hall–Kier alpha value is -0.820. The predicted octanol–water partition coefficient (Wildman–Crippen LogP) is 2.62. The highest BCUT2D eigenvalue weighted by atomic mass is 14.6. The summed E-state index contributed by atoms with van der Waals surface area (Å²) in [7, 11) is 0. The van der Waals surface area contributed by atoms with Gasteiger partial charge in [-0.1, -0.05) is 37.6 Å². The third kappa shape index (κ3) is 1.36. The van der Waals surface area contributed by atoms with Crippen molar-refractivity contribution in [3.05, 3.63) is 34.9 Å². The fourth-order valence-electron chi connectivity index (χ4n) is 2.71. The first-order valence-electron chi connectivity index (χ1n) is 5.34. The Morgan fingerprint density at radius 2 is 2.14 bits per heavy atom. The van der Waals surface area contributed by atoms with Crippen molar-refractivity contribution in [3.8, 4) is 0 Å². The van der Waals surface area contributed by atoms with Gasteiger partial charge in [0.15, 0.2) is 0 Å². The molecule has 2 N–H and O–H groups in total. The molecule has 1 aromatic rings. The van der Waals surface area contributed by atoms with E-state index in [0.717, 1.165) is 6.54 Å². The summed E-state index contributed by atoms with van der Waals surface area (Å²) in [6.45, 7) is 7.56. The zero-order chi connectivity index (χ0) is 10.3. The minimum atomic E-state index is 0.338. The van der Waals surface area contributed by atoms with Crippen LogP contribution in [-0.2, 0) is 6.42 Å². The fraction of sp³-hybridized carbons (Fsp3) is 0.538. The van der Waals surface area contributed by atoms with Crippen LogP contribution in [0.2, 0.25) is 0 Å². The van der Waals surface area contributed by atoms with Crippen LogP contribution in [0.15, 0.2) is 18.2 Å². The third-order valence-electron chi connectivity index (χ3n) is 3.50. The maximum Gasteiger partial charge on any atom is 0.00183 e. The molecule has 1 aliphatic carbocycles. The van der Waals surface area contributed by atoms with Gasteiger partial charge in [0.05, 0.1) is 0 Å². The number of rotatable bonds is 1. The summed E-state index contributed by atoms with van der Waals surface area (Å²) in [6.07, 6.45) is 1.17. The highest BCUT2D eigenvalue weighted by Crippen LogP contribution is 2.46. The third-order valence-corrected chi connectivity index (χ3v) is 3.50. The molecule has 1 heteroatoms. The van der Waals surface area contributed by atoms with Crippen LogP contribution in [0.3, 0.4) is 0 Å². The zero-order valence-electron chi connectivity index (χ0n) is 9.30. The van der Waals surface area contributed by atoms with Crippen molar-refractivity contribution in [3.63, 3.8) is 0 Å². The summed E-state index contributed by atoms with van der Waals surface area (Å²) < 4.78 is 0. The van der Waals surface area contributed by atoms with Gasteiger partial charge in [-0.05, 0) is 36.4 Å². The smallest absolute Gasteiger partial charge is 0.00183 e. The van der Waals surface area contributed by atoms with Gasteiger partial charge in [0, 0.05) is 5.92 Å². The largest absolute Gasteiger partial charge is 0.330 e. The van der Waals surface area contributed by atoms with Crippen LogP contribution in [-0.4, -0.2) is 6.54 Å². The topological polar surface area (TPSA) is 26.0 Å². The first kappa shape index (κ1) is 9.72. The molecule has 76 valence electrons. The van der Waals surface area contributed by atoms with Gasteiger partial charge in [0.1, 0.15) is 0 Å². The zero-order valence-corrected chi connectivity index (χ0v) is 9.30. The summed E-state index contributed by atoms with van der Waals surface area (Å²) in [5, 5.41) is 0. The van der Waals surface area contributed by atoms with E-state index >= 15 is 0 Å². The first-order chi connectivity index (χ1) is 6.54. The van der Waals surface area contributed by atoms with E-state index in [0.29, 0.717) is 11.3 Å². The minimum Gasteiger partial charge on any atom is -0.330 e. The standard InChI is InChI=1S/C13H19N/c1-9-4-5-11-10(6-9)7-13(2,3)12(11)8-14/h4-6,12H,7-8,14H2,1-3H3. The van der Waals surface area contributed by atoms with E-state index in [1.807, 2.05) is 0 Å². The lowest BCUT2D eigenvalue weighted by atomic mass is 9.80. The van der Waals surface area contributed by atoms with Crippen molar-refractivity contribution in [2.75, 3.05) is 6.54 Å². The van der Waals surface area contributed by atoms with E-state index in [1.165, 1.54) is 23.1 Å². The van der Waals surface area contributed by atoms with Crippen LogP contribution >= 0.6 is 0 Å². The van der Waals surface area contributed by atoms with Crippen LogP contribution < -0.4 is 5.73 Å². The number of aryl methyl sites for hydroxylation is 1. The van der Waals surface area contributed by atoms with Crippen molar-refractivity contribution in [1.29, 1.82) is 0 Å². The maximum atomic E-state index is 5.86. The SMILES string of the molecule is Cc1ccc2c(c1)CC(C)(C)C2CN. The molecule has 0 fully saturated rings. The fourth-order valence-corrected chi connectivity index (χ4v) is 2.71. The van der Waals surface area contributed by atoms with Crippen LogP contribution in [0.5, 0.6) is 0 Å². The van der Waals surface area contributed by atoms with Gasteiger partial charge in [-0.2, -0.15) is 0 Å². The molecule has 1 nitrogen and oxygen atoms in total. The van der Waals surface area contributed by atoms with Gasteiger partial charge in [0.25, 0.3) is 0 Å². The Morgan fingerprint density at radius 1 is 1.43 bits per heavy atom. The molecule has 14 heavy (non-hydrogen) atoms. The molecule has 1 unspecified atom stereocenters. The average molecular weight is 189 g/mol. The summed E-state index contributed by atoms with van der Waals surface area (Å²) >= 11 is 0. The van der Waals surface area contributed by atoms with Gasteiger partial charge >= 0.3 is 0 Å². The number of hydrogen-bond donors (Lipinski definition) is 1. The number of hydrogen-bond acceptors (Lipinski definition) is 1. The molecular weight excluding hydrogens is 170 g/mol. The normalized spacial score (nSPS) is 23.6. The molecule has 2 rings (SSSR count). The summed E-state index contributed by atoms with van der Waals surface area (Å²) in [5.41, 5.74) is 10.5.